The number of hydrogen-bond donors (Lipinski definition) is 2. The molecule has 0 saturated carbocycles. The van der Waals surface area contributed by atoms with Gasteiger partial charge in [0.15, 0.2) is 0 Å². The second-order valence-electron chi connectivity index (χ2n) is 10.4. The Bertz CT molecular complexity index is 1390. The number of nitrogens with zero attached hydrogens (tertiary/aromatic N) is 5. The summed E-state index contributed by atoms with van der Waals surface area (Å²) in [6, 6.07) is 18.9. The molecule has 1 unspecified atom stereocenters. The quantitative estimate of drug-likeness (QED) is 0.265. The Morgan fingerprint density at radius 2 is 1.72 bits per heavy atom. The summed E-state index contributed by atoms with van der Waals surface area (Å²) in [5, 5.41) is 24.5. The Morgan fingerprint density at radius 3 is 2.31 bits per heavy atom. The van der Waals surface area contributed by atoms with E-state index in [0.29, 0.717) is 30.3 Å². The second-order valence-corrected chi connectivity index (χ2v) is 10.4. The van der Waals surface area contributed by atoms with Crippen LogP contribution in [0.3, 0.4) is 0 Å². The molecule has 0 aliphatic rings. The molecule has 9 heteroatoms. The maximum atomic E-state index is 13.2. The van der Waals surface area contributed by atoms with E-state index in [1.807, 2.05) is 88.4 Å². The van der Waals surface area contributed by atoms with Crippen molar-refractivity contribution in [2.75, 3.05) is 0 Å². The molecule has 2 aromatic heterocycles. The molecule has 4 aromatic rings. The molecule has 39 heavy (non-hydrogen) atoms. The molecule has 0 radical (unpaired) electrons. The average molecular weight is 527 g/mol. The lowest BCUT2D eigenvalue weighted by Gasteiger charge is -2.32. The number of benzene rings is 2. The summed E-state index contributed by atoms with van der Waals surface area (Å²) in [4.78, 5) is 31.5. The minimum absolute atomic E-state index is 0.163. The molecule has 2 N–H and O–H groups in total. The first-order valence-electron chi connectivity index (χ1n) is 13.2. The lowest BCUT2D eigenvalue weighted by molar-refractivity contribution is -0.153. The number of rotatable bonds is 11. The zero-order valence-corrected chi connectivity index (χ0v) is 22.7. The van der Waals surface area contributed by atoms with Crippen LogP contribution in [0.4, 0.5) is 0 Å². The van der Waals surface area contributed by atoms with Crippen molar-refractivity contribution in [2.45, 2.75) is 53.1 Å². The maximum Gasteiger partial charge on any atom is 0.326 e. The van der Waals surface area contributed by atoms with Crippen LogP contribution in [0.1, 0.15) is 46.1 Å². The molecule has 0 bridgehead atoms. The number of hydrogen-bond acceptors (Lipinski definition) is 6. The minimum atomic E-state index is -1.00. The van der Waals surface area contributed by atoms with Crippen molar-refractivity contribution in [2.24, 2.45) is 11.8 Å². The van der Waals surface area contributed by atoms with E-state index in [0.717, 1.165) is 27.8 Å². The number of carbonyl (C=O) groups is 2. The predicted octanol–water partition coefficient (Wildman–Crippen LogP) is 5.47. The van der Waals surface area contributed by atoms with Crippen LogP contribution in [-0.2, 0) is 16.1 Å². The Kier molecular flexibility index (Phi) is 8.81. The van der Waals surface area contributed by atoms with Gasteiger partial charge in [0.2, 0.25) is 11.7 Å². The number of H-pyrrole nitrogens is 1. The van der Waals surface area contributed by atoms with Crippen molar-refractivity contribution in [3.05, 3.63) is 72.4 Å². The molecule has 9 nitrogen and oxygen atoms in total. The van der Waals surface area contributed by atoms with Gasteiger partial charge < -0.3 is 10.0 Å². The Hall–Kier alpha value is -4.40. The van der Waals surface area contributed by atoms with Gasteiger partial charge in [-0.1, -0.05) is 70.2 Å². The summed E-state index contributed by atoms with van der Waals surface area (Å²) in [5.74, 6) is -0.604. The SMILES string of the molecule is CC(C)CCC(=O)N(Cc1ccc(-c2cc(-c3ccccc3)ccc2-c2nn[nH]n2)nc1)C(C(=O)O)C(C)C. The van der Waals surface area contributed by atoms with Crippen molar-refractivity contribution in [3.63, 3.8) is 0 Å². The van der Waals surface area contributed by atoms with E-state index in [-0.39, 0.29) is 18.4 Å². The van der Waals surface area contributed by atoms with Crippen LogP contribution in [0.5, 0.6) is 0 Å². The molecule has 0 aliphatic carbocycles. The number of aromatic nitrogens is 5. The number of carbonyl (C=O) groups excluding carboxylic acids is 1. The molecule has 4 rings (SSSR count). The molecule has 0 spiro atoms. The highest BCUT2D eigenvalue weighted by molar-refractivity contribution is 5.84. The van der Waals surface area contributed by atoms with Gasteiger partial charge in [0, 0.05) is 30.3 Å². The number of carboxylic acids is 1. The summed E-state index contributed by atoms with van der Waals surface area (Å²) in [6.07, 6.45) is 2.71. The first kappa shape index (κ1) is 27.6. The van der Waals surface area contributed by atoms with Gasteiger partial charge in [-0.05, 0) is 58.4 Å². The van der Waals surface area contributed by atoms with Gasteiger partial charge >= 0.3 is 5.97 Å². The fourth-order valence-electron chi connectivity index (χ4n) is 4.59. The fourth-order valence-corrected chi connectivity index (χ4v) is 4.59. The molecular weight excluding hydrogens is 492 g/mol. The van der Waals surface area contributed by atoms with Crippen molar-refractivity contribution in [1.29, 1.82) is 0 Å². The molecule has 1 atom stereocenters. The number of carboxylic acid groups (broad SMARTS) is 1. The first-order valence-corrected chi connectivity index (χ1v) is 13.2. The van der Waals surface area contributed by atoms with E-state index < -0.39 is 12.0 Å². The summed E-state index contributed by atoms with van der Waals surface area (Å²) < 4.78 is 0. The first-order chi connectivity index (χ1) is 18.7. The zero-order valence-electron chi connectivity index (χ0n) is 22.7. The van der Waals surface area contributed by atoms with Crippen LogP contribution in [0.15, 0.2) is 66.9 Å². The number of aromatic amines is 1. The van der Waals surface area contributed by atoms with E-state index in [4.69, 9.17) is 4.98 Å². The van der Waals surface area contributed by atoms with Gasteiger partial charge in [0.1, 0.15) is 6.04 Å². The Morgan fingerprint density at radius 1 is 0.949 bits per heavy atom. The van der Waals surface area contributed by atoms with E-state index in [1.165, 1.54) is 4.90 Å². The zero-order chi connectivity index (χ0) is 27.9. The lowest BCUT2D eigenvalue weighted by atomic mass is 9.96. The van der Waals surface area contributed by atoms with Gasteiger partial charge in [-0.2, -0.15) is 5.21 Å². The minimum Gasteiger partial charge on any atom is -0.480 e. The van der Waals surface area contributed by atoms with Crippen LogP contribution in [0.25, 0.3) is 33.8 Å². The largest absolute Gasteiger partial charge is 0.480 e. The van der Waals surface area contributed by atoms with Gasteiger partial charge in [-0.25, -0.2) is 4.79 Å². The molecule has 2 heterocycles. The van der Waals surface area contributed by atoms with E-state index in [9.17, 15) is 14.7 Å². The van der Waals surface area contributed by atoms with E-state index in [2.05, 4.69) is 20.6 Å². The number of tetrazole rings is 1. The predicted molar refractivity (Wildman–Crippen MR) is 149 cm³/mol. The summed E-state index contributed by atoms with van der Waals surface area (Å²) >= 11 is 0. The van der Waals surface area contributed by atoms with Crippen molar-refractivity contribution in [1.82, 2.24) is 30.5 Å². The maximum absolute atomic E-state index is 13.2. The lowest BCUT2D eigenvalue weighted by Crippen LogP contribution is -2.47. The van der Waals surface area contributed by atoms with Crippen LogP contribution < -0.4 is 0 Å². The highest BCUT2D eigenvalue weighted by Gasteiger charge is 2.32. The fraction of sp³-hybridized carbons (Fsp3) is 0.333. The normalized spacial score (nSPS) is 12.1. The van der Waals surface area contributed by atoms with Gasteiger partial charge in [0.25, 0.3) is 0 Å². The molecular formula is C30H34N6O3. The number of pyridine rings is 1. The third-order valence-corrected chi connectivity index (χ3v) is 6.64. The number of amides is 1. The summed E-state index contributed by atoms with van der Waals surface area (Å²) in [7, 11) is 0. The third-order valence-electron chi connectivity index (χ3n) is 6.64. The Balaban J connectivity index is 1.67. The van der Waals surface area contributed by atoms with Gasteiger partial charge in [-0.3, -0.25) is 9.78 Å². The van der Waals surface area contributed by atoms with Crippen LogP contribution in [-0.4, -0.2) is 53.5 Å². The van der Waals surface area contributed by atoms with Crippen LogP contribution in [0.2, 0.25) is 0 Å². The summed E-state index contributed by atoms with van der Waals surface area (Å²) in [5.41, 5.74) is 5.15. The number of nitrogens with one attached hydrogen (secondary N) is 1. The molecule has 202 valence electrons. The van der Waals surface area contributed by atoms with Crippen molar-refractivity contribution < 1.29 is 14.7 Å². The van der Waals surface area contributed by atoms with Crippen molar-refractivity contribution >= 4 is 11.9 Å². The highest BCUT2D eigenvalue weighted by Crippen LogP contribution is 2.33. The second kappa shape index (κ2) is 12.4. The standard InChI is InChI=1S/C30H34N6O3/c1-19(2)10-15-27(37)36(28(20(3)4)30(38)39)18-21-11-14-26(31-17-21)25-16-23(22-8-6-5-7-9-22)12-13-24(25)29-32-34-35-33-29/h5-9,11-14,16-17,19-20,28H,10,15,18H2,1-4H3,(H,38,39)(H,32,33,34,35). The van der Waals surface area contributed by atoms with Crippen LogP contribution >= 0.6 is 0 Å². The van der Waals surface area contributed by atoms with Gasteiger partial charge in [-0.15, -0.1) is 10.2 Å². The molecule has 0 fully saturated rings. The average Bonchev–Trinajstić information content (AvgIpc) is 3.46. The molecule has 0 saturated heterocycles. The topological polar surface area (TPSA) is 125 Å². The molecule has 1 amide bonds. The van der Waals surface area contributed by atoms with Crippen LogP contribution in [0, 0.1) is 11.8 Å². The molecule has 2 aromatic carbocycles. The van der Waals surface area contributed by atoms with Crippen molar-refractivity contribution in [3.8, 4) is 33.8 Å². The third kappa shape index (κ3) is 6.73. The smallest absolute Gasteiger partial charge is 0.326 e. The number of aliphatic carboxylic acids is 1. The van der Waals surface area contributed by atoms with E-state index in [1.54, 1.807) is 6.20 Å². The molecule has 0 aliphatic heterocycles. The van der Waals surface area contributed by atoms with Gasteiger partial charge in [0.05, 0.1) is 5.69 Å². The monoisotopic (exact) mass is 526 g/mol. The van der Waals surface area contributed by atoms with E-state index >= 15 is 0 Å². The Labute approximate surface area is 228 Å². The summed E-state index contributed by atoms with van der Waals surface area (Å²) in [6.45, 7) is 7.91. The highest BCUT2D eigenvalue weighted by atomic mass is 16.4.